The predicted octanol–water partition coefficient (Wildman–Crippen LogP) is 4.88. The van der Waals surface area contributed by atoms with Crippen LogP contribution in [-0.4, -0.2) is 16.2 Å². The number of anilines is 1. The molecule has 0 atom stereocenters. The molecule has 2 aromatic carbocycles. The van der Waals surface area contributed by atoms with E-state index >= 15 is 0 Å². The van der Waals surface area contributed by atoms with Crippen LogP contribution in [0.4, 0.5) is 11.4 Å². The van der Waals surface area contributed by atoms with Gasteiger partial charge in [0, 0.05) is 11.8 Å². The Balaban J connectivity index is 2.03. The van der Waals surface area contributed by atoms with Crippen molar-refractivity contribution in [3.05, 3.63) is 42.0 Å². The van der Waals surface area contributed by atoms with Gasteiger partial charge in [-0.3, -0.25) is 4.99 Å². The van der Waals surface area contributed by atoms with Crippen molar-refractivity contribution in [2.24, 2.45) is 4.99 Å². The number of benzene rings is 2. The number of aliphatic imine (C=N–C) groups is 1. The van der Waals surface area contributed by atoms with Gasteiger partial charge in [-0.25, -0.2) is 4.98 Å². The van der Waals surface area contributed by atoms with Gasteiger partial charge in [-0.15, -0.1) is 0 Å². The fourth-order valence-corrected chi connectivity index (χ4v) is 2.66. The summed E-state index contributed by atoms with van der Waals surface area (Å²) in [6, 6.07) is 12.4. The average Bonchev–Trinajstić information content (AvgIpc) is 2.96. The number of hydrogen-bond acceptors (Lipinski definition) is 3. The van der Waals surface area contributed by atoms with Crippen molar-refractivity contribution in [3.63, 3.8) is 0 Å². The number of aryl methyl sites for hydroxylation is 1. The number of aromatic amines is 1. The summed E-state index contributed by atoms with van der Waals surface area (Å²) in [6.45, 7) is 4.24. The van der Waals surface area contributed by atoms with E-state index in [-0.39, 0.29) is 0 Å². The molecule has 4 heteroatoms. The summed E-state index contributed by atoms with van der Waals surface area (Å²) in [4.78, 5) is 12.5. The smallest absolute Gasteiger partial charge is 0.138 e. The van der Waals surface area contributed by atoms with E-state index in [0.29, 0.717) is 5.69 Å². The van der Waals surface area contributed by atoms with Gasteiger partial charge < -0.3 is 10.7 Å². The number of nitrogens with one attached hydrogen (secondary N) is 1. The predicted molar refractivity (Wildman–Crippen MR) is 98.4 cm³/mol. The topological polar surface area (TPSA) is 67.1 Å². The molecule has 0 amide bonds. The van der Waals surface area contributed by atoms with E-state index in [2.05, 4.69) is 41.2 Å². The highest BCUT2D eigenvalue weighted by Gasteiger charge is 2.08. The van der Waals surface area contributed by atoms with Crippen LogP contribution in [0.25, 0.3) is 22.4 Å². The lowest BCUT2D eigenvalue weighted by Crippen LogP contribution is -1.86. The molecule has 0 unspecified atom stereocenters. The zero-order valence-electron chi connectivity index (χ0n) is 13.6. The minimum Gasteiger partial charge on any atom is -0.397 e. The highest BCUT2D eigenvalue weighted by atomic mass is 14.9. The molecular weight excluding hydrogens is 284 g/mol. The Hall–Kier alpha value is -2.62. The Morgan fingerprint density at radius 1 is 1.22 bits per heavy atom. The first-order valence-electron chi connectivity index (χ1n) is 8.12. The van der Waals surface area contributed by atoms with Gasteiger partial charge in [0.15, 0.2) is 0 Å². The van der Waals surface area contributed by atoms with E-state index < -0.39 is 0 Å². The van der Waals surface area contributed by atoms with Gasteiger partial charge in [0.2, 0.25) is 0 Å². The van der Waals surface area contributed by atoms with E-state index in [1.54, 1.807) is 0 Å². The third-order valence-electron chi connectivity index (χ3n) is 3.78. The molecule has 0 aliphatic rings. The molecule has 1 heterocycles. The fourth-order valence-electron chi connectivity index (χ4n) is 2.66. The summed E-state index contributed by atoms with van der Waals surface area (Å²) >= 11 is 0. The molecule has 0 spiro atoms. The van der Waals surface area contributed by atoms with Crippen molar-refractivity contribution >= 4 is 28.6 Å². The first-order chi connectivity index (χ1) is 11.2. The summed E-state index contributed by atoms with van der Waals surface area (Å²) in [6.07, 6.45) is 4.96. The number of H-pyrrole nitrogens is 1. The number of nitrogens with zero attached hydrogens (tertiary/aromatic N) is 2. The molecule has 0 aliphatic carbocycles. The molecule has 3 N–H and O–H groups in total. The fraction of sp³-hybridized carbons (Fsp3) is 0.263. The van der Waals surface area contributed by atoms with Crippen LogP contribution >= 0.6 is 0 Å². The van der Waals surface area contributed by atoms with Crippen LogP contribution in [0.2, 0.25) is 0 Å². The summed E-state index contributed by atoms with van der Waals surface area (Å²) in [5, 5.41) is 0. The summed E-state index contributed by atoms with van der Waals surface area (Å²) in [5.41, 5.74) is 11.8. The highest BCUT2D eigenvalue weighted by molar-refractivity contribution is 5.88. The van der Waals surface area contributed by atoms with Gasteiger partial charge in [-0.05, 0) is 36.6 Å². The number of rotatable bonds is 5. The standard InChI is InChI=1S/C19H22N4/c1-3-6-13-7-5-8-14(10-13)19-22-17-11-15(20)16(21-9-4-2)12-18(17)23-19/h5,7-12H,3-4,6,20H2,1-2H3,(H,22,23). The number of nitrogens with two attached hydrogens (primary N) is 1. The van der Waals surface area contributed by atoms with Gasteiger partial charge in [0.05, 0.1) is 22.4 Å². The minimum absolute atomic E-state index is 0.664. The van der Waals surface area contributed by atoms with Crippen LogP contribution in [0.1, 0.15) is 32.3 Å². The molecule has 1 aromatic heterocycles. The first kappa shape index (κ1) is 15.3. The highest BCUT2D eigenvalue weighted by Crippen LogP contribution is 2.29. The van der Waals surface area contributed by atoms with Crippen LogP contribution in [0.3, 0.4) is 0 Å². The number of aromatic nitrogens is 2. The van der Waals surface area contributed by atoms with Crippen molar-refractivity contribution in [2.45, 2.75) is 33.1 Å². The molecular formula is C19H22N4. The molecule has 4 nitrogen and oxygen atoms in total. The zero-order chi connectivity index (χ0) is 16.2. The van der Waals surface area contributed by atoms with Gasteiger partial charge in [0.1, 0.15) is 5.82 Å². The lowest BCUT2D eigenvalue weighted by molar-refractivity contribution is 0.922. The maximum atomic E-state index is 6.08. The quantitative estimate of drug-likeness (QED) is 0.521. The van der Waals surface area contributed by atoms with Gasteiger partial charge >= 0.3 is 0 Å². The van der Waals surface area contributed by atoms with E-state index in [0.717, 1.165) is 47.4 Å². The molecule has 0 aliphatic heterocycles. The number of nitrogen functional groups attached to an aromatic ring is 1. The summed E-state index contributed by atoms with van der Waals surface area (Å²) < 4.78 is 0. The Labute approximate surface area is 136 Å². The minimum atomic E-state index is 0.664. The van der Waals surface area contributed by atoms with Gasteiger partial charge in [0.25, 0.3) is 0 Å². The summed E-state index contributed by atoms with van der Waals surface area (Å²) in [5.74, 6) is 0.869. The van der Waals surface area contributed by atoms with E-state index in [9.17, 15) is 0 Å². The van der Waals surface area contributed by atoms with Crippen LogP contribution in [0, 0.1) is 0 Å². The number of hydrogen-bond donors (Lipinski definition) is 2. The Kier molecular flexibility index (Phi) is 4.42. The van der Waals surface area contributed by atoms with Crippen LogP contribution in [0.5, 0.6) is 0 Å². The lowest BCUT2D eigenvalue weighted by Gasteiger charge is -2.01. The maximum Gasteiger partial charge on any atom is 0.138 e. The van der Waals surface area contributed by atoms with Crippen molar-refractivity contribution in [2.75, 3.05) is 5.73 Å². The lowest BCUT2D eigenvalue weighted by atomic mass is 10.1. The second kappa shape index (κ2) is 6.65. The molecule has 23 heavy (non-hydrogen) atoms. The molecule has 0 saturated heterocycles. The normalized spacial score (nSPS) is 11.6. The molecule has 0 radical (unpaired) electrons. The molecule has 0 fully saturated rings. The third-order valence-corrected chi connectivity index (χ3v) is 3.78. The third kappa shape index (κ3) is 3.26. The molecule has 118 valence electrons. The second-order valence-corrected chi connectivity index (χ2v) is 5.68. The second-order valence-electron chi connectivity index (χ2n) is 5.68. The molecule has 0 saturated carbocycles. The van der Waals surface area contributed by atoms with E-state index in [1.165, 1.54) is 5.56 Å². The van der Waals surface area contributed by atoms with Crippen LogP contribution in [0.15, 0.2) is 41.4 Å². The van der Waals surface area contributed by atoms with Crippen molar-refractivity contribution in [1.29, 1.82) is 0 Å². The Bertz CT molecular complexity index is 846. The average molecular weight is 306 g/mol. The van der Waals surface area contributed by atoms with Crippen molar-refractivity contribution < 1.29 is 0 Å². The van der Waals surface area contributed by atoms with Gasteiger partial charge in [-0.1, -0.05) is 38.5 Å². The monoisotopic (exact) mass is 306 g/mol. The van der Waals surface area contributed by atoms with Crippen molar-refractivity contribution in [3.8, 4) is 11.4 Å². The number of fused-ring (bicyclic) bond motifs is 1. The largest absolute Gasteiger partial charge is 0.397 e. The Morgan fingerprint density at radius 2 is 2.09 bits per heavy atom. The van der Waals surface area contributed by atoms with Crippen LogP contribution < -0.4 is 5.73 Å². The maximum absolute atomic E-state index is 6.08. The molecule has 0 bridgehead atoms. The number of imidazole rings is 1. The Morgan fingerprint density at radius 3 is 2.87 bits per heavy atom. The first-order valence-corrected chi connectivity index (χ1v) is 8.12. The SMILES string of the molecule is CCC=Nc1cc2nc(-c3cccc(CCC)c3)[nH]c2cc1N. The molecule has 3 aromatic rings. The molecule has 3 rings (SSSR count). The summed E-state index contributed by atoms with van der Waals surface area (Å²) in [7, 11) is 0. The van der Waals surface area contributed by atoms with E-state index in [4.69, 9.17) is 10.7 Å². The van der Waals surface area contributed by atoms with E-state index in [1.807, 2.05) is 25.3 Å². The van der Waals surface area contributed by atoms with Crippen LogP contribution in [-0.2, 0) is 6.42 Å². The zero-order valence-corrected chi connectivity index (χ0v) is 13.6. The van der Waals surface area contributed by atoms with Crippen molar-refractivity contribution in [1.82, 2.24) is 9.97 Å². The van der Waals surface area contributed by atoms with Gasteiger partial charge in [-0.2, -0.15) is 0 Å².